The summed E-state index contributed by atoms with van der Waals surface area (Å²) in [4.78, 5) is 97.6. The summed E-state index contributed by atoms with van der Waals surface area (Å²) in [5.74, 6) is -8.09. The van der Waals surface area contributed by atoms with E-state index in [4.69, 9.17) is 9.78 Å². The van der Waals surface area contributed by atoms with Gasteiger partial charge in [0.25, 0.3) is 0 Å². The number of carbonyl (C=O) groups is 6. The van der Waals surface area contributed by atoms with Crippen molar-refractivity contribution in [2.45, 2.75) is 19.3 Å². The molecule has 210 valence electrons. The lowest BCUT2D eigenvalue weighted by Crippen LogP contribution is -2.24. The van der Waals surface area contributed by atoms with Crippen molar-refractivity contribution in [3.8, 4) is 0 Å². The third-order valence-corrected chi connectivity index (χ3v) is 4.69. The monoisotopic (exact) mass is 552 g/mol. The molecule has 1 rings (SSSR count). The van der Waals surface area contributed by atoms with Crippen molar-refractivity contribution in [1.29, 1.82) is 0 Å². The van der Waals surface area contributed by atoms with E-state index in [9.17, 15) is 44.1 Å². The molecule has 0 aliphatic heterocycles. The minimum atomic E-state index is -1.78. The second kappa shape index (κ2) is 16.1. The van der Waals surface area contributed by atoms with Gasteiger partial charge in [-0.2, -0.15) is 14.7 Å². The number of hydrogen-bond acceptors (Lipinski definition) is 12. The van der Waals surface area contributed by atoms with E-state index in [0.29, 0.717) is 0 Å². The highest BCUT2D eigenvalue weighted by molar-refractivity contribution is 6.07. The molecule has 1 aromatic carbocycles. The Morgan fingerprint density at radius 1 is 0.513 bits per heavy atom. The highest BCUT2D eigenvalue weighted by Gasteiger charge is 2.33. The molecule has 0 aromatic heterocycles. The average Bonchev–Trinajstić information content (AvgIpc) is 2.90. The van der Waals surface area contributed by atoms with Gasteiger partial charge < -0.3 is 15.3 Å². The van der Waals surface area contributed by atoms with E-state index in [0.717, 1.165) is 18.2 Å². The molecule has 0 amide bonds. The van der Waals surface area contributed by atoms with E-state index in [1.165, 1.54) is 0 Å². The number of carboxylic acids is 3. The largest absolute Gasteiger partial charge is 0.478 e. The lowest BCUT2D eigenvalue weighted by atomic mass is 9.83. The highest BCUT2D eigenvalue weighted by atomic mass is 17.2. The molecule has 0 aliphatic carbocycles. The normalized spacial score (nSPS) is 10.2. The lowest BCUT2D eigenvalue weighted by molar-refractivity contribution is -0.267. The molecule has 0 heterocycles. The maximum atomic E-state index is 12.4. The maximum absolute atomic E-state index is 12.4. The lowest BCUT2D eigenvalue weighted by Gasteiger charge is -2.22. The summed E-state index contributed by atoms with van der Waals surface area (Å²) >= 11 is 0. The van der Waals surface area contributed by atoms with Gasteiger partial charge in [-0.25, -0.2) is 28.8 Å². The van der Waals surface area contributed by atoms with Crippen LogP contribution in [0.25, 0.3) is 0 Å². The minimum absolute atomic E-state index is 0.212. The Balaban J connectivity index is 3.70. The first-order valence-corrected chi connectivity index (χ1v) is 10.8. The third kappa shape index (κ3) is 9.51. The van der Waals surface area contributed by atoms with Gasteiger partial charge in [0.1, 0.15) is 0 Å². The molecule has 15 heteroatoms. The molecule has 0 atom stereocenters. The molecule has 0 fully saturated rings. The summed E-state index contributed by atoms with van der Waals surface area (Å²) in [6, 6.07) is 0. The molecule has 3 N–H and O–H groups in total. The molecule has 0 saturated heterocycles. The van der Waals surface area contributed by atoms with Crippen LogP contribution in [0.3, 0.4) is 0 Å². The van der Waals surface area contributed by atoms with Crippen molar-refractivity contribution >= 4 is 35.8 Å². The van der Waals surface area contributed by atoms with Crippen LogP contribution in [0, 0.1) is 0 Å². The van der Waals surface area contributed by atoms with Crippen molar-refractivity contribution in [2.75, 3.05) is 19.8 Å². The summed E-state index contributed by atoms with van der Waals surface area (Å²) in [6.45, 7) is 7.92. The Labute approximate surface area is 220 Å². The Bertz CT molecular complexity index is 1160. The average molecular weight is 552 g/mol. The van der Waals surface area contributed by atoms with E-state index in [2.05, 4.69) is 39.3 Å². The summed E-state index contributed by atoms with van der Waals surface area (Å²) in [5.41, 5.74) is -3.26. The number of carbonyl (C=O) groups excluding carboxylic acids is 3. The van der Waals surface area contributed by atoms with E-state index in [-0.39, 0.29) is 11.1 Å². The highest BCUT2D eigenvalue weighted by Crippen LogP contribution is 2.31. The molecular formula is C24H24O15. The third-order valence-electron chi connectivity index (χ3n) is 4.69. The quantitative estimate of drug-likeness (QED) is 0.101. The molecule has 0 unspecified atom stereocenters. The van der Waals surface area contributed by atoms with Crippen LogP contribution in [0.1, 0.15) is 47.8 Å². The van der Waals surface area contributed by atoms with Gasteiger partial charge >= 0.3 is 35.8 Å². The molecule has 15 nitrogen and oxygen atoms in total. The van der Waals surface area contributed by atoms with Gasteiger partial charge in [0.2, 0.25) is 0 Å². The first-order valence-electron chi connectivity index (χ1n) is 10.8. The second-order valence-electron chi connectivity index (χ2n) is 7.01. The van der Waals surface area contributed by atoms with Gasteiger partial charge in [0.15, 0.2) is 0 Å². The summed E-state index contributed by atoms with van der Waals surface area (Å²) < 4.78 is 0. The fraction of sp³-hybridized carbons (Fsp3) is 0.250. The van der Waals surface area contributed by atoms with Crippen molar-refractivity contribution < 1.29 is 73.4 Å². The molecule has 0 radical (unpaired) electrons. The number of benzene rings is 1. The number of hydrogen-bond donors (Lipinski definition) is 3. The molecule has 39 heavy (non-hydrogen) atoms. The van der Waals surface area contributed by atoms with E-state index in [1.54, 1.807) is 0 Å². The van der Waals surface area contributed by atoms with Crippen LogP contribution < -0.4 is 0 Å². The maximum Gasteiger partial charge on any atom is 0.365 e. The Hall–Kier alpha value is -4.86. The number of carboxylic acid groups (broad SMARTS) is 3. The van der Waals surface area contributed by atoms with Crippen molar-refractivity contribution in [1.82, 2.24) is 0 Å². The smallest absolute Gasteiger partial charge is 0.365 e. The zero-order valence-electron chi connectivity index (χ0n) is 20.3. The van der Waals surface area contributed by atoms with Crippen LogP contribution in [-0.2, 0) is 63.0 Å². The van der Waals surface area contributed by atoms with E-state index < -0.39 is 97.2 Å². The zero-order valence-corrected chi connectivity index (χ0v) is 20.3. The van der Waals surface area contributed by atoms with Gasteiger partial charge in [-0.05, 0) is 16.7 Å². The predicted molar refractivity (Wildman–Crippen MR) is 125 cm³/mol. The standard InChI is InChI=1S/C24H24O15/c1-4-16(25)37-34-10-7-13-14(8-11-35-38-17(26)5-2)20(23(30)31)21(24(32)33)15(19(13)22(28)29)9-12-36-39-18(27)6-3/h4-6H,1-3,7-12H2,(H,28,29)(H,30,31)(H,32,33). The summed E-state index contributed by atoms with van der Waals surface area (Å²) in [6.07, 6.45) is 0.979. The topological polar surface area (TPSA) is 218 Å². The Morgan fingerprint density at radius 3 is 1.10 bits per heavy atom. The van der Waals surface area contributed by atoms with Gasteiger partial charge in [-0.1, -0.05) is 19.7 Å². The molecular weight excluding hydrogens is 528 g/mol. The fourth-order valence-electron chi connectivity index (χ4n) is 3.28. The van der Waals surface area contributed by atoms with Crippen LogP contribution in [0.2, 0.25) is 0 Å². The summed E-state index contributed by atoms with van der Waals surface area (Å²) in [5, 5.41) is 29.8. The van der Waals surface area contributed by atoms with Crippen LogP contribution in [0.15, 0.2) is 38.0 Å². The van der Waals surface area contributed by atoms with Crippen molar-refractivity contribution in [3.05, 3.63) is 71.3 Å². The Kier molecular flexibility index (Phi) is 13.3. The zero-order chi connectivity index (χ0) is 29.5. The fourth-order valence-corrected chi connectivity index (χ4v) is 3.28. The molecule has 0 aliphatic rings. The van der Waals surface area contributed by atoms with Gasteiger partial charge in [0.05, 0.1) is 36.5 Å². The molecule has 0 spiro atoms. The summed E-state index contributed by atoms with van der Waals surface area (Å²) in [7, 11) is 0. The van der Waals surface area contributed by atoms with Gasteiger partial charge in [-0.3, -0.25) is 14.7 Å². The van der Waals surface area contributed by atoms with Crippen molar-refractivity contribution in [2.24, 2.45) is 0 Å². The van der Waals surface area contributed by atoms with Crippen LogP contribution in [-0.4, -0.2) is 71.0 Å². The first kappa shape index (κ1) is 32.2. The van der Waals surface area contributed by atoms with Crippen LogP contribution in [0.4, 0.5) is 0 Å². The second-order valence-corrected chi connectivity index (χ2v) is 7.01. The van der Waals surface area contributed by atoms with Crippen LogP contribution in [0.5, 0.6) is 0 Å². The Morgan fingerprint density at radius 2 is 0.795 bits per heavy atom. The molecule has 0 bridgehead atoms. The van der Waals surface area contributed by atoms with Gasteiger partial charge in [0, 0.05) is 37.5 Å². The first-order chi connectivity index (χ1) is 18.5. The van der Waals surface area contributed by atoms with E-state index in [1.807, 2.05) is 0 Å². The number of aromatic carboxylic acids is 3. The van der Waals surface area contributed by atoms with Crippen molar-refractivity contribution in [3.63, 3.8) is 0 Å². The van der Waals surface area contributed by atoms with Gasteiger partial charge in [-0.15, -0.1) is 0 Å². The van der Waals surface area contributed by atoms with Crippen LogP contribution >= 0.6 is 0 Å². The number of rotatable bonds is 18. The van der Waals surface area contributed by atoms with E-state index >= 15 is 0 Å². The molecule has 1 aromatic rings. The SMILES string of the molecule is C=CC(=O)OOCCc1c(CCOOC(=O)C=C)c(C(=O)O)c(C(=O)O)c(CCOOC(=O)C=C)c1C(=O)O. The minimum Gasteiger partial charge on any atom is -0.478 e. The molecule has 0 saturated carbocycles. The predicted octanol–water partition coefficient (Wildman–Crippen LogP) is 1.39.